The molecule has 9 heteroatoms. The number of carbonyl (C=O) groups excluding carboxylic acids is 1. The lowest BCUT2D eigenvalue weighted by atomic mass is 9.98. The third-order valence-electron chi connectivity index (χ3n) is 6.01. The molecule has 5 N–H and O–H groups in total. The molecule has 1 aliphatic carbocycles. The average Bonchev–Trinajstić information content (AvgIpc) is 3.15. The predicted octanol–water partition coefficient (Wildman–Crippen LogP) is 3.50. The van der Waals surface area contributed by atoms with E-state index in [4.69, 9.17) is 10.5 Å². The summed E-state index contributed by atoms with van der Waals surface area (Å²) in [5.74, 6) is -0.0573. The number of nitrogens with zero attached hydrogens (tertiary/aromatic N) is 1. The number of aliphatic hydroxyl groups excluding tert-OH is 2. The summed E-state index contributed by atoms with van der Waals surface area (Å²) >= 11 is 0. The molecule has 1 aliphatic rings. The number of amides is 1. The molecule has 0 fully saturated rings. The molecule has 0 aliphatic heterocycles. The zero-order valence-corrected chi connectivity index (χ0v) is 18.3. The quantitative estimate of drug-likeness (QED) is 0.227. The number of ether oxygens (including phenoxy) is 1. The molecule has 0 radical (unpaired) electrons. The molecule has 2 atom stereocenters. The maximum Gasteiger partial charge on any atom is 0.407 e. The van der Waals surface area contributed by atoms with Crippen molar-refractivity contribution in [3.8, 4) is 11.1 Å². The van der Waals surface area contributed by atoms with Gasteiger partial charge in [-0.05, 0) is 46.4 Å². The molecular formula is C25H25N3O6. The smallest absolute Gasteiger partial charge is 0.407 e. The van der Waals surface area contributed by atoms with Gasteiger partial charge in [0.15, 0.2) is 0 Å². The van der Waals surface area contributed by atoms with Gasteiger partial charge in [0.1, 0.15) is 18.4 Å². The molecule has 34 heavy (non-hydrogen) atoms. The molecule has 0 spiro atoms. The van der Waals surface area contributed by atoms with Crippen molar-refractivity contribution >= 4 is 17.5 Å². The first-order valence-electron chi connectivity index (χ1n) is 10.9. The molecule has 3 aromatic rings. The van der Waals surface area contributed by atoms with E-state index in [-0.39, 0.29) is 42.4 Å². The lowest BCUT2D eigenvalue weighted by Crippen LogP contribution is -2.30. The second kappa shape index (κ2) is 9.90. The van der Waals surface area contributed by atoms with Crippen LogP contribution in [-0.2, 0) is 4.74 Å². The van der Waals surface area contributed by atoms with Gasteiger partial charge < -0.3 is 26.0 Å². The number of nitrogens with one attached hydrogen (secondary N) is 1. The van der Waals surface area contributed by atoms with Gasteiger partial charge in [-0.1, -0.05) is 48.5 Å². The van der Waals surface area contributed by atoms with Gasteiger partial charge in [0.2, 0.25) is 0 Å². The maximum atomic E-state index is 12.2. The SMILES string of the molecule is Nc1cc(C(O)C(O)CCNC(=O)OCC2c3ccccc3-c3ccccc32)ccc1[N+](=O)[O-]. The van der Waals surface area contributed by atoms with Gasteiger partial charge in [0, 0.05) is 18.5 Å². The molecule has 2 unspecified atom stereocenters. The normalized spacial score (nSPS) is 14.1. The van der Waals surface area contributed by atoms with Crippen molar-refractivity contribution in [3.05, 3.63) is 93.5 Å². The minimum Gasteiger partial charge on any atom is -0.449 e. The van der Waals surface area contributed by atoms with E-state index in [1.54, 1.807) is 0 Å². The summed E-state index contributed by atoms with van der Waals surface area (Å²) in [6.45, 7) is 0.241. The van der Waals surface area contributed by atoms with E-state index in [0.29, 0.717) is 0 Å². The van der Waals surface area contributed by atoms with Gasteiger partial charge in [-0.15, -0.1) is 0 Å². The number of carbonyl (C=O) groups is 1. The van der Waals surface area contributed by atoms with Crippen LogP contribution in [0.3, 0.4) is 0 Å². The number of nitrogens with two attached hydrogens (primary N) is 1. The Labute approximate surface area is 196 Å². The summed E-state index contributed by atoms with van der Waals surface area (Å²) in [6, 6.07) is 19.8. The van der Waals surface area contributed by atoms with Crippen molar-refractivity contribution < 1.29 is 24.7 Å². The molecule has 3 aromatic carbocycles. The summed E-state index contributed by atoms with van der Waals surface area (Å²) in [5, 5.41) is 34.0. The van der Waals surface area contributed by atoms with E-state index >= 15 is 0 Å². The number of hydrogen-bond acceptors (Lipinski definition) is 7. The molecule has 0 saturated carbocycles. The second-order valence-corrected chi connectivity index (χ2v) is 8.13. The van der Waals surface area contributed by atoms with Crippen molar-refractivity contribution in [1.29, 1.82) is 0 Å². The third-order valence-corrected chi connectivity index (χ3v) is 6.01. The molecule has 4 rings (SSSR count). The van der Waals surface area contributed by atoms with Crippen LogP contribution in [0, 0.1) is 10.1 Å². The Morgan fingerprint density at radius 3 is 2.26 bits per heavy atom. The highest BCUT2D eigenvalue weighted by Crippen LogP contribution is 2.44. The molecule has 176 valence electrons. The van der Waals surface area contributed by atoms with E-state index in [1.807, 2.05) is 36.4 Å². The Morgan fingerprint density at radius 2 is 1.68 bits per heavy atom. The summed E-state index contributed by atoms with van der Waals surface area (Å²) in [4.78, 5) is 22.5. The van der Waals surface area contributed by atoms with Crippen LogP contribution in [-0.4, -0.2) is 40.5 Å². The number of hydrogen-bond donors (Lipinski definition) is 4. The fraction of sp³-hybridized carbons (Fsp3) is 0.240. The Hall–Kier alpha value is -3.95. The fourth-order valence-electron chi connectivity index (χ4n) is 4.27. The Balaban J connectivity index is 1.28. The lowest BCUT2D eigenvalue weighted by molar-refractivity contribution is -0.383. The first-order valence-corrected chi connectivity index (χ1v) is 10.9. The number of fused-ring (bicyclic) bond motifs is 3. The molecule has 0 bridgehead atoms. The summed E-state index contributed by atoms with van der Waals surface area (Å²) in [6.07, 6.45) is -3.10. The number of alkyl carbamates (subject to hydrolysis) is 1. The van der Waals surface area contributed by atoms with Crippen LogP contribution >= 0.6 is 0 Å². The molecule has 1 amide bonds. The maximum absolute atomic E-state index is 12.2. The number of nitrogen functional groups attached to an aromatic ring is 1. The van der Waals surface area contributed by atoms with Crippen molar-refractivity contribution in [2.24, 2.45) is 0 Å². The number of nitro groups is 1. The van der Waals surface area contributed by atoms with E-state index in [0.717, 1.165) is 22.3 Å². The minimum absolute atomic E-state index is 0.0439. The van der Waals surface area contributed by atoms with E-state index in [2.05, 4.69) is 17.4 Å². The third kappa shape index (κ3) is 4.70. The van der Waals surface area contributed by atoms with Crippen molar-refractivity contribution in [2.45, 2.75) is 24.5 Å². The Morgan fingerprint density at radius 1 is 1.06 bits per heavy atom. The highest BCUT2D eigenvalue weighted by atomic mass is 16.6. The van der Waals surface area contributed by atoms with Crippen LogP contribution < -0.4 is 11.1 Å². The van der Waals surface area contributed by atoms with Crippen LogP contribution in [0.25, 0.3) is 11.1 Å². The largest absolute Gasteiger partial charge is 0.449 e. The number of anilines is 1. The van der Waals surface area contributed by atoms with Gasteiger partial charge in [-0.25, -0.2) is 4.79 Å². The molecule has 0 saturated heterocycles. The zero-order chi connectivity index (χ0) is 24.2. The average molecular weight is 463 g/mol. The summed E-state index contributed by atoms with van der Waals surface area (Å²) in [7, 11) is 0. The Kier molecular flexibility index (Phi) is 6.76. The van der Waals surface area contributed by atoms with Gasteiger partial charge in [0.05, 0.1) is 11.0 Å². The number of nitro benzene ring substituents is 1. The van der Waals surface area contributed by atoms with Crippen LogP contribution in [0.4, 0.5) is 16.2 Å². The van der Waals surface area contributed by atoms with E-state index in [1.165, 1.54) is 18.2 Å². The minimum atomic E-state index is -1.31. The first kappa shape index (κ1) is 23.2. The van der Waals surface area contributed by atoms with Crippen LogP contribution in [0.2, 0.25) is 0 Å². The van der Waals surface area contributed by atoms with Gasteiger partial charge in [-0.2, -0.15) is 0 Å². The van der Waals surface area contributed by atoms with Crippen molar-refractivity contribution in [1.82, 2.24) is 5.32 Å². The monoisotopic (exact) mass is 463 g/mol. The topological polar surface area (TPSA) is 148 Å². The van der Waals surface area contributed by atoms with Crippen molar-refractivity contribution in [2.75, 3.05) is 18.9 Å². The molecule has 0 aromatic heterocycles. The Bertz CT molecular complexity index is 1170. The highest BCUT2D eigenvalue weighted by molar-refractivity contribution is 5.79. The van der Waals surface area contributed by atoms with E-state index < -0.39 is 23.2 Å². The lowest BCUT2D eigenvalue weighted by Gasteiger charge is -2.19. The molecule has 0 heterocycles. The summed E-state index contributed by atoms with van der Waals surface area (Å²) < 4.78 is 5.44. The number of benzene rings is 3. The standard InChI is InChI=1S/C25H25N3O6/c26-21-13-15(9-10-22(21)28(32)33)24(30)23(29)11-12-27-25(31)34-14-20-18-7-3-1-5-16(18)17-6-2-4-8-19(17)20/h1-10,13,20,23-24,29-30H,11-12,14,26H2,(H,27,31). The van der Waals surface area contributed by atoms with Crippen LogP contribution in [0.1, 0.15) is 35.1 Å². The predicted molar refractivity (Wildman–Crippen MR) is 126 cm³/mol. The zero-order valence-electron chi connectivity index (χ0n) is 18.3. The van der Waals surface area contributed by atoms with Crippen molar-refractivity contribution in [3.63, 3.8) is 0 Å². The number of rotatable bonds is 8. The summed E-state index contributed by atoms with van der Waals surface area (Å²) in [5.41, 5.74) is 9.99. The molecular weight excluding hydrogens is 438 g/mol. The number of aliphatic hydroxyl groups is 2. The van der Waals surface area contributed by atoms with Crippen LogP contribution in [0.5, 0.6) is 0 Å². The van der Waals surface area contributed by atoms with E-state index in [9.17, 15) is 25.1 Å². The van der Waals surface area contributed by atoms with Crippen LogP contribution in [0.15, 0.2) is 66.7 Å². The molecule has 9 nitrogen and oxygen atoms in total. The van der Waals surface area contributed by atoms with Gasteiger partial charge in [-0.3, -0.25) is 10.1 Å². The highest BCUT2D eigenvalue weighted by Gasteiger charge is 2.29. The van der Waals surface area contributed by atoms with Gasteiger partial charge >= 0.3 is 6.09 Å². The van der Waals surface area contributed by atoms with Gasteiger partial charge in [0.25, 0.3) is 5.69 Å². The second-order valence-electron chi connectivity index (χ2n) is 8.13. The fourth-order valence-corrected chi connectivity index (χ4v) is 4.27. The first-order chi connectivity index (χ1) is 16.4.